The van der Waals surface area contributed by atoms with Crippen LogP contribution in [-0.4, -0.2) is 50.4 Å². The lowest BCUT2D eigenvalue weighted by Gasteiger charge is -2.41. The molecular weight excluding hydrogens is 252 g/mol. The van der Waals surface area contributed by atoms with Gasteiger partial charge in [0.25, 0.3) is 0 Å². The number of hydrogen-bond donors (Lipinski definition) is 1. The van der Waals surface area contributed by atoms with Crippen molar-refractivity contribution in [2.45, 2.75) is 25.9 Å². The summed E-state index contributed by atoms with van der Waals surface area (Å²) in [6.07, 6.45) is 0. The molecule has 1 aromatic rings. The fraction of sp³-hybridized carbons (Fsp3) is 0.625. The van der Waals surface area contributed by atoms with Gasteiger partial charge in [-0.3, -0.25) is 4.90 Å². The summed E-state index contributed by atoms with van der Waals surface area (Å²) < 4.78 is 10.8. The first-order valence-electron chi connectivity index (χ1n) is 7.29. The standard InChI is InChI=1S/C16H26N2O2/c1-16(2,18-8-10-20-11-9-18)13-17-12-14-6-4-5-7-15(14)19-3/h4-7,17H,8-13H2,1-3H3. The molecule has 1 heterocycles. The predicted molar refractivity (Wildman–Crippen MR) is 81.2 cm³/mol. The van der Waals surface area contributed by atoms with Gasteiger partial charge in [-0.2, -0.15) is 0 Å². The minimum atomic E-state index is 0.145. The fourth-order valence-corrected chi connectivity index (χ4v) is 2.63. The molecule has 0 unspecified atom stereocenters. The minimum Gasteiger partial charge on any atom is -0.496 e. The van der Waals surface area contributed by atoms with E-state index in [4.69, 9.17) is 9.47 Å². The van der Waals surface area contributed by atoms with Crippen LogP contribution < -0.4 is 10.1 Å². The Morgan fingerprint density at radius 3 is 2.65 bits per heavy atom. The van der Waals surface area contributed by atoms with Gasteiger partial charge in [-0.05, 0) is 19.9 Å². The van der Waals surface area contributed by atoms with Crippen LogP contribution in [-0.2, 0) is 11.3 Å². The summed E-state index contributed by atoms with van der Waals surface area (Å²) in [6, 6.07) is 8.16. The molecule has 4 heteroatoms. The largest absolute Gasteiger partial charge is 0.496 e. The van der Waals surface area contributed by atoms with Gasteiger partial charge < -0.3 is 14.8 Å². The number of hydrogen-bond acceptors (Lipinski definition) is 4. The number of morpholine rings is 1. The molecule has 1 fully saturated rings. The second kappa shape index (κ2) is 7.07. The summed E-state index contributed by atoms with van der Waals surface area (Å²) in [4.78, 5) is 2.49. The Labute approximate surface area is 122 Å². The van der Waals surface area contributed by atoms with Crippen molar-refractivity contribution in [2.24, 2.45) is 0 Å². The smallest absolute Gasteiger partial charge is 0.123 e. The van der Waals surface area contributed by atoms with Gasteiger partial charge in [-0.1, -0.05) is 18.2 Å². The maximum Gasteiger partial charge on any atom is 0.123 e. The molecular formula is C16H26N2O2. The lowest BCUT2D eigenvalue weighted by Crippen LogP contribution is -2.54. The zero-order valence-electron chi connectivity index (χ0n) is 12.8. The molecule has 0 amide bonds. The van der Waals surface area contributed by atoms with E-state index in [9.17, 15) is 0 Å². The van der Waals surface area contributed by atoms with Gasteiger partial charge in [0.2, 0.25) is 0 Å². The second-order valence-corrected chi connectivity index (χ2v) is 5.83. The van der Waals surface area contributed by atoms with Crippen molar-refractivity contribution >= 4 is 0 Å². The maximum atomic E-state index is 5.42. The van der Waals surface area contributed by atoms with Crippen LogP contribution in [0.4, 0.5) is 0 Å². The van der Waals surface area contributed by atoms with E-state index in [0.29, 0.717) is 0 Å². The number of nitrogens with one attached hydrogen (secondary N) is 1. The summed E-state index contributed by atoms with van der Waals surface area (Å²) >= 11 is 0. The molecule has 1 saturated heterocycles. The molecule has 2 rings (SSSR count). The molecule has 112 valence electrons. The van der Waals surface area contributed by atoms with Gasteiger partial charge in [0.1, 0.15) is 5.75 Å². The summed E-state index contributed by atoms with van der Waals surface area (Å²) in [6.45, 7) is 10.1. The van der Waals surface area contributed by atoms with Crippen molar-refractivity contribution in [3.05, 3.63) is 29.8 Å². The molecule has 4 nitrogen and oxygen atoms in total. The molecule has 0 saturated carbocycles. The van der Waals surface area contributed by atoms with Crippen molar-refractivity contribution in [1.82, 2.24) is 10.2 Å². The van der Waals surface area contributed by atoms with Crippen LogP contribution in [0.15, 0.2) is 24.3 Å². The molecule has 1 aromatic carbocycles. The summed E-state index contributed by atoms with van der Waals surface area (Å²) in [7, 11) is 1.72. The van der Waals surface area contributed by atoms with E-state index in [0.717, 1.165) is 45.1 Å². The highest BCUT2D eigenvalue weighted by atomic mass is 16.5. The van der Waals surface area contributed by atoms with Crippen molar-refractivity contribution in [1.29, 1.82) is 0 Å². The third-order valence-electron chi connectivity index (χ3n) is 3.93. The molecule has 0 aliphatic carbocycles. The van der Waals surface area contributed by atoms with Crippen LogP contribution in [0.25, 0.3) is 0 Å². The van der Waals surface area contributed by atoms with Crippen LogP contribution in [0.1, 0.15) is 19.4 Å². The number of benzene rings is 1. The van der Waals surface area contributed by atoms with E-state index in [1.165, 1.54) is 5.56 Å². The molecule has 0 bridgehead atoms. The minimum absolute atomic E-state index is 0.145. The number of nitrogens with zero attached hydrogens (tertiary/aromatic N) is 1. The quantitative estimate of drug-likeness (QED) is 0.861. The van der Waals surface area contributed by atoms with Crippen LogP contribution >= 0.6 is 0 Å². The monoisotopic (exact) mass is 278 g/mol. The Morgan fingerprint density at radius 2 is 1.95 bits per heavy atom. The zero-order chi connectivity index (χ0) is 14.4. The van der Waals surface area contributed by atoms with Crippen molar-refractivity contribution < 1.29 is 9.47 Å². The third kappa shape index (κ3) is 3.95. The van der Waals surface area contributed by atoms with Crippen LogP contribution in [0.3, 0.4) is 0 Å². The first-order valence-corrected chi connectivity index (χ1v) is 7.29. The maximum absolute atomic E-state index is 5.42. The fourth-order valence-electron chi connectivity index (χ4n) is 2.63. The van der Waals surface area contributed by atoms with E-state index in [2.05, 4.69) is 30.1 Å². The summed E-state index contributed by atoms with van der Waals surface area (Å²) in [5.74, 6) is 0.948. The zero-order valence-corrected chi connectivity index (χ0v) is 12.8. The van der Waals surface area contributed by atoms with E-state index >= 15 is 0 Å². The van der Waals surface area contributed by atoms with Gasteiger partial charge in [0, 0.05) is 37.3 Å². The molecule has 0 spiro atoms. The topological polar surface area (TPSA) is 33.7 Å². The predicted octanol–water partition coefficient (Wildman–Crippen LogP) is 1.90. The highest BCUT2D eigenvalue weighted by Crippen LogP contribution is 2.18. The van der Waals surface area contributed by atoms with E-state index in [1.807, 2.05) is 18.2 Å². The number of rotatable bonds is 6. The normalized spacial score (nSPS) is 17.1. The number of methoxy groups -OCH3 is 1. The summed E-state index contributed by atoms with van der Waals surface area (Å²) in [5.41, 5.74) is 1.35. The molecule has 0 atom stereocenters. The lowest BCUT2D eigenvalue weighted by molar-refractivity contribution is -0.00967. The van der Waals surface area contributed by atoms with E-state index in [-0.39, 0.29) is 5.54 Å². The average Bonchev–Trinajstić information content (AvgIpc) is 2.48. The van der Waals surface area contributed by atoms with Crippen molar-refractivity contribution in [3.63, 3.8) is 0 Å². The number of ether oxygens (including phenoxy) is 2. The number of para-hydroxylation sites is 1. The van der Waals surface area contributed by atoms with Gasteiger partial charge in [0.15, 0.2) is 0 Å². The molecule has 1 aliphatic rings. The Hall–Kier alpha value is -1.10. The van der Waals surface area contributed by atoms with Crippen LogP contribution in [0.5, 0.6) is 5.75 Å². The first-order chi connectivity index (χ1) is 9.63. The van der Waals surface area contributed by atoms with Gasteiger partial charge in [0.05, 0.1) is 20.3 Å². The van der Waals surface area contributed by atoms with E-state index in [1.54, 1.807) is 7.11 Å². The first kappa shape index (κ1) is 15.3. The highest BCUT2D eigenvalue weighted by molar-refractivity contribution is 5.32. The van der Waals surface area contributed by atoms with Gasteiger partial charge in [-0.15, -0.1) is 0 Å². The molecule has 0 radical (unpaired) electrons. The highest BCUT2D eigenvalue weighted by Gasteiger charge is 2.27. The van der Waals surface area contributed by atoms with Crippen molar-refractivity contribution in [3.8, 4) is 5.75 Å². The van der Waals surface area contributed by atoms with Gasteiger partial charge >= 0.3 is 0 Å². The van der Waals surface area contributed by atoms with Crippen molar-refractivity contribution in [2.75, 3.05) is 40.0 Å². The summed E-state index contributed by atoms with van der Waals surface area (Å²) in [5, 5.41) is 3.55. The van der Waals surface area contributed by atoms with Gasteiger partial charge in [-0.25, -0.2) is 0 Å². The molecule has 20 heavy (non-hydrogen) atoms. The molecule has 0 aromatic heterocycles. The molecule has 1 N–H and O–H groups in total. The van der Waals surface area contributed by atoms with E-state index < -0.39 is 0 Å². The average molecular weight is 278 g/mol. The second-order valence-electron chi connectivity index (χ2n) is 5.83. The third-order valence-corrected chi connectivity index (χ3v) is 3.93. The van der Waals surface area contributed by atoms with Crippen LogP contribution in [0, 0.1) is 0 Å². The van der Waals surface area contributed by atoms with Crippen LogP contribution in [0.2, 0.25) is 0 Å². The Balaban J connectivity index is 1.85. The SMILES string of the molecule is COc1ccccc1CNCC(C)(C)N1CCOCC1. The Bertz CT molecular complexity index is 415. The Kier molecular flexibility index (Phi) is 5.40. The Morgan fingerprint density at radius 1 is 1.25 bits per heavy atom. The lowest BCUT2D eigenvalue weighted by atomic mass is 10.0. The molecule has 1 aliphatic heterocycles.